The molecule has 0 spiro atoms. The molecule has 2 N–H and O–H groups in total. The van der Waals surface area contributed by atoms with Crippen LogP contribution in [0.25, 0.3) is 0 Å². The van der Waals surface area contributed by atoms with Gasteiger partial charge in [-0.15, -0.1) is 0 Å². The Hall–Kier alpha value is -2.67. The van der Waals surface area contributed by atoms with Gasteiger partial charge >= 0.3 is 0 Å². The van der Waals surface area contributed by atoms with Crippen molar-refractivity contribution in [3.05, 3.63) is 52.1 Å². The zero-order valence-electron chi connectivity index (χ0n) is 13.3. The van der Waals surface area contributed by atoms with Crippen molar-refractivity contribution in [2.45, 2.75) is 39.2 Å². The number of aromatic hydroxyl groups is 2. The first-order valence-corrected chi connectivity index (χ1v) is 7.69. The molecule has 0 heterocycles. The number of nitriles is 1. The van der Waals surface area contributed by atoms with E-state index in [9.17, 15) is 15.5 Å². The van der Waals surface area contributed by atoms with Gasteiger partial charge in [-0.3, -0.25) is 0 Å². The SMILES string of the molecule is Cc1cc(C#N)c2c(c1)CCC(Oc1cc(C)c(O)c(O)c1)C2. The third kappa shape index (κ3) is 2.95. The van der Waals surface area contributed by atoms with Crippen molar-refractivity contribution in [3.63, 3.8) is 0 Å². The largest absolute Gasteiger partial charge is 0.504 e. The molecule has 4 heteroatoms. The predicted molar refractivity (Wildman–Crippen MR) is 86.8 cm³/mol. The molecule has 2 aromatic rings. The molecule has 1 atom stereocenters. The Morgan fingerprint density at radius 2 is 1.96 bits per heavy atom. The van der Waals surface area contributed by atoms with Crippen molar-refractivity contribution >= 4 is 0 Å². The quantitative estimate of drug-likeness (QED) is 0.832. The lowest BCUT2D eigenvalue weighted by Crippen LogP contribution is -2.26. The van der Waals surface area contributed by atoms with Crippen LogP contribution in [0.15, 0.2) is 24.3 Å². The summed E-state index contributed by atoms with van der Waals surface area (Å²) in [5.74, 6) is 0.245. The number of rotatable bonds is 2. The highest BCUT2D eigenvalue weighted by atomic mass is 16.5. The van der Waals surface area contributed by atoms with Gasteiger partial charge in [0.25, 0.3) is 0 Å². The lowest BCUT2D eigenvalue weighted by Gasteiger charge is -2.27. The fourth-order valence-corrected chi connectivity index (χ4v) is 3.19. The van der Waals surface area contributed by atoms with E-state index in [1.54, 1.807) is 13.0 Å². The lowest BCUT2D eigenvalue weighted by atomic mass is 9.85. The topological polar surface area (TPSA) is 73.5 Å². The molecule has 0 aromatic heterocycles. The molecule has 4 nitrogen and oxygen atoms in total. The van der Waals surface area contributed by atoms with E-state index in [0.717, 1.165) is 29.5 Å². The minimum atomic E-state index is -0.176. The summed E-state index contributed by atoms with van der Waals surface area (Å²) < 4.78 is 5.98. The Bertz CT molecular complexity index is 782. The number of benzene rings is 2. The highest BCUT2D eigenvalue weighted by Gasteiger charge is 2.23. The molecule has 1 aliphatic carbocycles. The molecule has 118 valence electrons. The molecule has 0 aliphatic heterocycles. The van der Waals surface area contributed by atoms with Crippen LogP contribution in [0.4, 0.5) is 0 Å². The third-order valence-electron chi connectivity index (χ3n) is 4.33. The summed E-state index contributed by atoms with van der Waals surface area (Å²) in [6.45, 7) is 3.72. The van der Waals surface area contributed by atoms with Gasteiger partial charge in [0.1, 0.15) is 11.9 Å². The van der Waals surface area contributed by atoms with Gasteiger partial charge in [0.15, 0.2) is 11.5 Å². The Labute approximate surface area is 135 Å². The molecule has 0 radical (unpaired) electrons. The summed E-state index contributed by atoms with van der Waals surface area (Å²) in [6, 6.07) is 9.48. The zero-order chi connectivity index (χ0) is 16.6. The van der Waals surface area contributed by atoms with Crippen LogP contribution in [0.2, 0.25) is 0 Å². The fraction of sp³-hybridized carbons (Fsp3) is 0.316. The zero-order valence-corrected chi connectivity index (χ0v) is 13.3. The summed E-state index contributed by atoms with van der Waals surface area (Å²) in [6.07, 6.45) is 2.38. The van der Waals surface area contributed by atoms with Crippen molar-refractivity contribution in [2.24, 2.45) is 0 Å². The molecule has 0 amide bonds. The summed E-state index contributed by atoms with van der Waals surface area (Å²) in [4.78, 5) is 0. The number of hydrogen-bond donors (Lipinski definition) is 2. The molecule has 0 saturated carbocycles. The van der Waals surface area contributed by atoms with E-state index < -0.39 is 0 Å². The van der Waals surface area contributed by atoms with E-state index >= 15 is 0 Å². The van der Waals surface area contributed by atoms with Crippen LogP contribution in [0.5, 0.6) is 17.2 Å². The molecule has 0 bridgehead atoms. The first-order valence-electron chi connectivity index (χ1n) is 7.69. The van der Waals surface area contributed by atoms with Crippen LogP contribution in [-0.2, 0) is 12.8 Å². The maximum Gasteiger partial charge on any atom is 0.161 e. The van der Waals surface area contributed by atoms with Crippen LogP contribution < -0.4 is 4.74 Å². The first-order chi connectivity index (χ1) is 11.0. The smallest absolute Gasteiger partial charge is 0.161 e. The van der Waals surface area contributed by atoms with Crippen LogP contribution in [-0.4, -0.2) is 16.3 Å². The van der Waals surface area contributed by atoms with Gasteiger partial charge in [-0.05, 0) is 61.1 Å². The first kappa shape index (κ1) is 15.2. The Kier molecular flexibility index (Phi) is 3.87. The van der Waals surface area contributed by atoms with Crippen molar-refractivity contribution in [2.75, 3.05) is 0 Å². The van der Waals surface area contributed by atoms with Gasteiger partial charge in [-0.25, -0.2) is 0 Å². The van der Waals surface area contributed by atoms with Crippen LogP contribution in [0.1, 0.15) is 34.2 Å². The molecule has 0 fully saturated rings. The highest BCUT2D eigenvalue weighted by Crippen LogP contribution is 2.35. The normalized spacial score (nSPS) is 16.5. The van der Waals surface area contributed by atoms with Crippen molar-refractivity contribution in [1.82, 2.24) is 0 Å². The second kappa shape index (κ2) is 5.85. The number of nitrogens with zero attached hydrogens (tertiary/aromatic N) is 1. The number of aryl methyl sites for hydroxylation is 3. The van der Waals surface area contributed by atoms with Gasteiger partial charge < -0.3 is 14.9 Å². The molecular weight excluding hydrogens is 290 g/mol. The van der Waals surface area contributed by atoms with E-state index in [1.165, 1.54) is 11.6 Å². The average molecular weight is 309 g/mol. The standard InChI is InChI=1S/C19H19NO3/c1-11-5-13-3-4-15(8-17(13)14(6-11)10-20)23-16-7-12(2)19(22)18(21)9-16/h5-7,9,15,21-22H,3-4,8H2,1-2H3. The van der Waals surface area contributed by atoms with E-state index in [1.807, 2.05) is 13.0 Å². The van der Waals surface area contributed by atoms with E-state index in [2.05, 4.69) is 12.1 Å². The van der Waals surface area contributed by atoms with Crippen LogP contribution in [0, 0.1) is 25.2 Å². The fourth-order valence-electron chi connectivity index (χ4n) is 3.19. The predicted octanol–water partition coefficient (Wildman–Crippen LogP) is 3.52. The second-order valence-corrected chi connectivity index (χ2v) is 6.15. The van der Waals surface area contributed by atoms with Gasteiger partial charge in [-0.2, -0.15) is 5.26 Å². The molecule has 1 aliphatic rings. The minimum Gasteiger partial charge on any atom is -0.504 e. The lowest BCUT2D eigenvalue weighted by molar-refractivity contribution is 0.183. The van der Waals surface area contributed by atoms with E-state index in [4.69, 9.17) is 4.74 Å². The molecule has 0 saturated heterocycles. The monoisotopic (exact) mass is 309 g/mol. The van der Waals surface area contributed by atoms with Gasteiger partial charge in [0.05, 0.1) is 11.6 Å². The van der Waals surface area contributed by atoms with Gasteiger partial charge in [-0.1, -0.05) is 6.07 Å². The summed E-state index contributed by atoms with van der Waals surface area (Å²) in [7, 11) is 0. The van der Waals surface area contributed by atoms with Crippen LogP contribution in [0.3, 0.4) is 0 Å². The molecule has 1 unspecified atom stereocenters. The van der Waals surface area contributed by atoms with Gasteiger partial charge in [0, 0.05) is 12.5 Å². The maximum atomic E-state index is 9.71. The second-order valence-electron chi connectivity index (χ2n) is 6.15. The minimum absolute atomic E-state index is 0.0411. The molecule has 3 rings (SSSR count). The van der Waals surface area contributed by atoms with E-state index in [0.29, 0.717) is 17.7 Å². The van der Waals surface area contributed by atoms with Crippen LogP contribution >= 0.6 is 0 Å². The van der Waals surface area contributed by atoms with Crippen molar-refractivity contribution < 1.29 is 14.9 Å². The Morgan fingerprint density at radius 1 is 1.17 bits per heavy atom. The molecule has 23 heavy (non-hydrogen) atoms. The maximum absolute atomic E-state index is 9.71. The molecule has 2 aromatic carbocycles. The van der Waals surface area contributed by atoms with Crippen molar-refractivity contribution in [3.8, 4) is 23.3 Å². The number of ether oxygens (including phenoxy) is 1. The van der Waals surface area contributed by atoms with Gasteiger partial charge in [0.2, 0.25) is 0 Å². The average Bonchev–Trinajstić information content (AvgIpc) is 2.52. The Balaban J connectivity index is 1.84. The highest BCUT2D eigenvalue weighted by molar-refractivity contribution is 5.50. The van der Waals surface area contributed by atoms with E-state index in [-0.39, 0.29) is 17.6 Å². The van der Waals surface area contributed by atoms with Crippen molar-refractivity contribution in [1.29, 1.82) is 5.26 Å². The summed E-state index contributed by atoms with van der Waals surface area (Å²) >= 11 is 0. The Morgan fingerprint density at radius 3 is 2.65 bits per heavy atom. The number of hydrogen-bond acceptors (Lipinski definition) is 4. The summed E-state index contributed by atoms with van der Waals surface area (Å²) in [5, 5.41) is 28.7. The number of fused-ring (bicyclic) bond motifs is 1. The third-order valence-corrected chi connectivity index (χ3v) is 4.33. The summed E-state index contributed by atoms with van der Waals surface area (Å²) in [5.41, 5.74) is 4.70. The number of phenolic OH excluding ortho intramolecular Hbond substituents is 2. The molecular formula is C19H19NO3. The number of phenols is 2.